The van der Waals surface area contributed by atoms with Crippen molar-refractivity contribution in [3.8, 4) is 0 Å². The maximum absolute atomic E-state index is 12.0. The van der Waals surface area contributed by atoms with Crippen LogP contribution in [0.2, 0.25) is 0 Å². The summed E-state index contributed by atoms with van der Waals surface area (Å²) >= 11 is 2.18. The van der Waals surface area contributed by atoms with Gasteiger partial charge in [0, 0.05) is 10.6 Å². The predicted octanol–water partition coefficient (Wildman–Crippen LogP) is 1.66. The average molecular weight is 356 g/mol. The molecular formula is C12H13IN4O. The number of rotatable bonds is 3. The second-order valence-corrected chi connectivity index (χ2v) is 5.03. The van der Waals surface area contributed by atoms with Gasteiger partial charge in [-0.05, 0) is 41.1 Å². The number of nitrogens with one attached hydrogen (secondary N) is 1. The lowest BCUT2D eigenvalue weighted by atomic mass is 10.1. The predicted molar refractivity (Wildman–Crippen MR) is 76.1 cm³/mol. The molecule has 0 bridgehead atoms. The SMILES string of the molecule is Cc1cccc(C(=O)NCc2ncn(C)n2)c1I. The fraction of sp³-hybridized carbons (Fsp3) is 0.250. The normalized spacial score (nSPS) is 10.4. The van der Waals surface area contributed by atoms with E-state index in [9.17, 15) is 4.79 Å². The molecule has 0 aliphatic carbocycles. The molecule has 1 amide bonds. The zero-order valence-electron chi connectivity index (χ0n) is 10.1. The topological polar surface area (TPSA) is 59.8 Å². The van der Waals surface area contributed by atoms with E-state index in [0.29, 0.717) is 17.9 Å². The molecule has 0 saturated heterocycles. The fourth-order valence-corrected chi connectivity index (χ4v) is 2.15. The highest BCUT2D eigenvalue weighted by atomic mass is 127. The molecule has 18 heavy (non-hydrogen) atoms. The van der Waals surface area contributed by atoms with Crippen molar-refractivity contribution < 1.29 is 4.79 Å². The van der Waals surface area contributed by atoms with E-state index in [1.165, 1.54) is 0 Å². The van der Waals surface area contributed by atoms with Gasteiger partial charge in [0.2, 0.25) is 0 Å². The van der Waals surface area contributed by atoms with Gasteiger partial charge in [0.05, 0.1) is 12.1 Å². The minimum absolute atomic E-state index is 0.101. The van der Waals surface area contributed by atoms with Gasteiger partial charge in [-0.15, -0.1) is 0 Å². The van der Waals surface area contributed by atoms with Crippen LogP contribution in [0.3, 0.4) is 0 Å². The Morgan fingerprint density at radius 2 is 2.28 bits per heavy atom. The molecule has 0 radical (unpaired) electrons. The van der Waals surface area contributed by atoms with E-state index in [1.807, 2.05) is 25.1 Å². The number of carbonyl (C=O) groups excluding carboxylic acids is 1. The molecule has 1 heterocycles. The lowest BCUT2D eigenvalue weighted by Gasteiger charge is -2.07. The Kier molecular flexibility index (Phi) is 3.95. The number of nitrogens with zero attached hydrogens (tertiary/aromatic N) is 3. The van der Waals surface area contributed by atoms with Crippen LogP contribution >= 0.6 is 22.6 Å². The second-order valence-electron chi connectivity index (χ2n) is 3.95. The number of aryl methyl sites for hydroxylation is 2. The molecule has 0 atom stereocenters. The van der Waals surface area contributed by atoms with E-state index in [2.05, 4.69) is 38.0 Å². The lowest BCUT2D eigenvalue weighted by molar-refractivity contribution is 0.0949. The number of amides is 1. The van der Waals surface area contributed by atoms with Crippen molar-refractivity contribution in [2.75, 3.05) is 0 Å². The first-order valence-corrected chi connectivity index (χ1v) is 6.53. The Morgan fingerprint density at radius 1 is 1.50 bits per heavy atom. The van der Waals surface area contributed by atoms with E-state index in [4.69, 9.17) is 0 Å². The molecule has 0 saturated carbocycles. The summed E-state index contributed by atoms with van der Waals surface area (Å²) in [6, 6.07) is 5.68. The van der Waals surface area contributed by atoms with Gasteiger partial charge in [-0.25, -0.2) is 4.98 Å². The Hall–Kier alpha value is -1.44. The Balaban J connectivity index is 2.06. The van der Waals surface area contributed by atoms with Crippen LogP contribution in [0.4, 0.5) is 0 Å². The third-order valence-electron chi connectivity index (χ3n) is 2.49. The zero-order chi connectivity index (χ0) is 13.1. The molecule has 1 N–H and O–H groups in total. The molecule has 2 aromatic rings. The van der Waals surface area contributed by atoms with Crippen LogP contribution in [0.15, 0.2) is 24.5 Å². The minimum atomic E-state index is -0.101. The molecule has 94 valence electrons. The van der Waals surface area contributed by atoms with Gasteiger partial charge in [-0.3, -0.25) is 9.48 Å². The van der Waals surface area contributed by atoms with Crippen LogP contribution in [0.25, 0.3) is 0 Å². The number of halogens is 1. The van der Waals surface area contributed by atoms with Crippen molar-refractivity contribution in [2.45, 2.75) is 13.5 Å². The summed E-state index contributed by atoms with van der Waals surface area (Å²) in [6.45, 7) is 2.32. The van der Waals surface area contributed by atoms with Gasteiger partial charge in [0.25, 0.3) is 5.91 Å². The molecule has 5 nitrogen and oxygen atoms in total. The summed E-state index contributed by atoms with van der Waals surface area (Å²) in [5, 5.41) is 6.92. The van der Waals surface area contributed by atoms with E-state index in [-0.39, 0.29) is 5.91 Å². The number of benzene rings is 1. The van der Waals surface area contributed by atoms with Gasteiger partial charge in [-0.1, -0.05) is 12.1 Å². The summed E-state index contributed by atoms with van der Waals surface area (Å²) in [6.07, 6.45) is 1.61. The highest BCUT2D eigenvalue weighted by molar-refractivity contribution is 14.1. The summed E-state index contributed by atoms with van der Waals surface area (Å²) in [5.74, 6) is 0.504. The Labute approximate surface area is 119 Å². The van der Waals surface area contributed by atoms with Crippen molar-refractivity contribution in [3.63, 3.8) is 0 Å². The first-order valence-electron chi connectivity index (χ1n) is 5.46. The van der Waals surface area contributed by atoms with Crippen LogP contribution < -0.4 is 5.32 Å². The van der Waals surface area contributed by atoms with E-state index >= 15 is 0 Å². The van der Waals surface area contributed by atoms with Crippen LogP contribution in [0.5, 0.6) is 0 Å². The monoisotopic (exact) mass is 356 g/mol. The van der Waals surface area contributed by atoms with E-state index in [1.54, 1.807) is 18.1 Å². The van der Waals surface area contributed by atoms with Crippen LogP contribution in [0, 0.1) is 10.5 Å². The van der Waals surface area contributed by atoms with Gasteiger partial charge in [0.15, 0.2) is 5.82 Å². The second kappa shape index (κ2) is 5.47. The fourth-order valence-electron chi connectivity index (χ4n) is 1.54. The third-order valence-corrected chi connectivity index (χ3v) is 3.92. The van der Waals surface area contributed by atoms with Gasteiger partial charge >= 0.3 is 0 Å². The number of aromatic nitrogens is 3. The van der Waals surface area contributed by atoms with E-state index < -0.39 is 0 Å². The number of hydrogen-bond donors (Lipinski definition) is 1. The maximum atomic E-state index is 12.0. The first kappa shape index (κ1) is 13.0. The van der Waals surface area contributed by atoms with Crippen LogP contribution in [-0.2, 0) is 13.6 Å². The average Bonchev–Trinajstić information content (AvgIpc) is 2.76. The molecular weight excluding hydrogens is 343 g/mol. The van der Waals surface area contributed by atoms with E-state index in [0.717, 1.165) is 9.13 Å². The highest BCUT2D eigenvalue weighted by Gasteiger charge is 2.11. The molecule has 1 aromatic heterocycles. The third kappa shape index (κ3) is 2.87. The quantitative estimate of drug-likeness (QED) is 0.851. The van der Waals surface area contributed by atoms with Gasteiger partial charge < -0.3 is 5.32 Å². The van der Waals surface area contributed by atoms with Crippen LogP contribution in [-0.4, -0.2) is 20.7 Å². The van der Waals surface area contributed by atoms with Crippen molar-refractivity contribution in [2.24, 2.45) is 7.05 Å². The molecule has 2 rings (SSSR count). The highest BCUT2D eigenvalue weighted by Crippen LogP contribution is 2.16. The van der Waals surface area contributed by atoms with Crippen molar-refractivity contribution in [3.05, 3.63) is 45.0 Å². The molecule has 1 aromatic carbocycles. The maximum Gasteiger partial charge on any atom is 0.252 e. The lowest BCUT2D eigenvalue weighted by Crippen LogP contribution is -2.24. The Bertz CT molecular complexity index is 579. The first-order chi connectivity index (χ1) is 8.58. The summed E-state index contributed by atoms with van der Waals surface area (Å²) in [4.78, 5) is 16.1. The summed E-state index contributed by atoms with van der Waals surface area (Å²) in [5.41, 5.74) is 1.78. The van der Waals surface area contributed by atoms with Gasteiger partial charge in [-0.2, -0.15) is 5.10 Å². The summed E-state index contributed by atoms with van der Waals surface area (Å²) < 4.78 is 2.58. The van der Waals surface area contributed by atoms with Crippen molar-refractivity contribution >= 4 is 28.5 Å². The molecule has 0 aliphatic rings. The molecule has 0 fully saturated rings. The number of carbonyl (C=O) groups is 1. The Morgan fingerprint density at radius 3 is 2.94 bits per heavy atom. The molecule has 6 heteroatoms. The van der Waals surface area contributed by atoms with Crippen molar-refractivity contribution in [1.29, 1.82) is 0 Å². The minimum Gasteiger partial charge on any atom is -0.345 e. The smallest absolute Gasteiger partial charge is 0.252 e. The molecule has 0 spiro atoms. The largest absolute Gasteiger partial charge is 0.345 e. The zero-order valence-corrected chi connectivity index (χ0v) is 12.3. The van der Waals surface area contributed by atoms with Crippen LogP contribution in [0.1, 0.15) is 21.7 Å². The number of hydrogen-bond acceptors (Lipinski definition) is 3. The molecule has 0 aliphatic heterocycles. The summed E-state index contributed by atoms with van der Waals surface area (Å²) in [7, 11) is 1.79. The standard InChI is InChI=1S/C12H13IN4O/c1-8-4-3-5-9(11(8)13)12(18)14-6-10-15-7-17(2)16-10/h3-5,7H,6H2,1-2H3,(H,14,18). The van der Waals surface area contributed by atoms with Gasteiger partial charge in [0.1, 0.15) is 6.33 Å². The molecule has 0 unspecified atom stereocenters. The van der Waals surface area contributed by atoms with Crippen molar-refractivity contribution in [1.82, 2.24) is 20.1 Å².